The quantitative estimate of drug-likeness (QED) is 0.657. The first-order chi connectivity index (χ1) is 14.8. The van der Waals surface area contributed by atoms with E-state index in [0.29, 0.717) is 12.8 Å². The lowest BCUT2D eigenvalue weighted by Crippen LogP contribution is -2.41. The minimum Gasteiger partial charge on any atom is -0.455 e. The van der Waals surface area contributed by atoms with Crippen molar-refractivity contribution >= 4 is 27.6 Å². The molecule has 0 spiro atoms. The van der Waals surface area contributed by atoms with Crippen LogP contribution in [0, 0.1) is 12.8 Å². The number of aryl methyl sites for hydroxylation is 2. The van der Waals surface area contributed by atoms with Crippen molar-refractivity contribution in [3.05, 3.63) is 53.9 Å². The molecule has 1 N–H and O–H groups in total. The number of nitrogens with one attached hydrogen (secondary N) is 1. The number of esters is 1. The number of aromatic nitrogens is 1. The second kappa shape index (κ2) is 10.0. The molecule has 8 nitrogen and oxygen atoms in total. The number of pyridine rings is 1. The first-order valence-corrected chi connectivity index (χ1v) is 11.7. The summed E-state index contributed by atoms with van der Waals surface area (Å²) in [5.41, 5.74) is 2.71. The van der Waals surface area contributed by atoms with Gasteiger partial charge in [-0.25, -0.2) is 8.42 Å². The van der Waals surface area contributed by atoms with E-state index in [0.717, 1.165) is 23.2 Å². The first kappa shape index (κ1) is 22.9. The molecule has 1 aromatic heterocycles. The fraction of sp³-hybridized carbons (Fsp3) is 0.409. The van der Waals surface area contributed by atoms with Crippen LogP contribution < -0.4 is 5.32 Å². The Morgan fingerprint density at radius 2 is 1.94 bits per heavy atom. The molecule has 1 fully saturated rings. The summed E-state index contributed by atoms with van der Waals surface area (Å²) in [5, 5.41) is 2.82. The average molecular weight is 446 g/mol. The van der Waals surface area contributed by atoms with E-state index in [1.165, 1.54) is 22.8 Å². The van der Waals surface area contributed by atoms with Gasteiger partial charge in [-0.3, -0.25) is 14.6 Å². The number of benzene rings is 1. The maximum Gasteiger partial charge on any atom is 0.309 e. The van der Waals surface area contributed by atoms with Crippen LogP contribution in [0.2, 0.25) is 0 Å². The highest BCUT2D eigenvalue weighted by molar-refractivity contribution is 7.89. The Hall–Kier alpha value is -2.78. The molecule has 3 rings (SSSR count). The van der Waals surface area contributed by atoms with Gasteiger partial charge in [0.2, 0.25) is 10.0 Å². The lowest BCUT2D eigenvalue weighted by molar-refractivity contribution is -0.152. The normalized spacial score (nSPS) is 15.4. The van der Waals surface area contributed by atoms with Crippen LogP contribution in [0.4, 0.5) is 5.69 Å². The summed E-state index contributed by atoms with van der Waals surface area (Å²) in [6, 6.07) is 8.86. The van der Waals surface area contributed by atoms with Crippen LogP contribution in [0.1, 0.15) is 30.9 Å². The lowest BCUT2D eigenvalue weighted by Gasteiger charge is -2.30. The number of rotatable bonds is 7. The molecule has 1 amide bonds. The molecule has 31 heavy (non-hydrogen) atoms. The predicted molar refractivity (Wildman–Crippen MR) is 116 cm³/mol. The average Bonchev–Trinajstić information content (AvgIpc) is 2.79. The third-order valence-corrected chi connectivity index (χ3v) is 7.29. The monoisotopic (exact) mass is 445 g/mol. The Kier molecular flexibility index (Phi) is 7.40. The van der Waals surface area contributed by atoms with Gasteiger partial charge in [-0.2, -0.15) is 4.31 Å². The number of para-hydroxylation sites is 1. The molecule has 0 saturated carbocycles. The van der Waals surface area contributed by atoms with Gasteiger partial charge in [0.25, 0.3) is 5.91 Å². The molecule has 0 aliphatic carbocycles. The SMILES string of the molecule is CCc1cccc(C)c1NC(=O)COC(=O)C1CCN(S(=O)(=O)c2cccnc2)CC1. The zero-order valence-electron chi connectivity index (χ0n) is 17.7. The van der Waals surface area contributed by atoms with E-state index in [9.17, 15) is 18.0 Å². The van der Waals surface area contributed by atoms with Crippen molar-refractivity contribution in [3.63, 3.8) is 0 Å². The fourth-order valence-electron chi connectivity index (χ4n) is 3.61. The molecule has 0 unspecified atom stereocenters. The van der Waals surface area contributed by atoms with E-state index < -0.39 is 27.8 Å². The van der Waals surface area contributed by atoms with Crippen molar-refractivity contribution in [2.75, 3.05) is 25.0 Å². The van der Waals surface area contributed by atoms with Crippen LogP contribution in [0.5, 0.6) is 0 Å². The maximum absolute atomic E-state index is 12.6. The summed E-state index contributed by atoms with van der Waals surface area (Å²) in [6.07, 6.45) is 4.29. The van der Waals surface area contributed by atoms with Crippen LogP contribution in [0.15, 0.2) is 47.6 Å². The largest absolute Gasteiger partial charge is 0.455 e. The van der Waals surface area contributed by atoms with Gasteiger partial charge in [-0.15, -0.1) is 0 Å². The van der Waals surface area contributed by atoms with Gasteiger partial charge in [0, 0.05) is 31.2 Å². The zero-order valence-corrected chi connectivity index (χ0v) is 18.5. The molecule has 0 radical (unpaired) electrons. The molecule has 1 aliphatic heterocycles. The summed E-state index contributed by atoms with van der Waals surface area (Å²) in [7, 11) is -3.63. The highest BCUT2D eigenvalue weighted by Gasteiger charge is 2.33. The molecule has 0 bridgehead atoms. The van der Waals surface area contributed by atoms with E-state index in [-0.39, 0.29) is 24.6 Å². The summed E-state index contributed by atoms with van der Waals surface area (Å²) in [6.45, 7) is 3.97. The van der Waals surface area contributed by atoms with Crippen LogP contribution >= 0.6 is 0 Å². The number of hydrogen-bond donors (Lipinski definition) is 1. The van der Waals surface area contributed by atoms with Crippen molar-refractivity contribution in [1.29, 1.82) is 0 Å². The van der Waals surface area contributed by atoms with Crippen molar-refractivity contribution < 1.29 is 22.7 Å². The summed E-state index contributed by atoms with van der Waals surface area (Å²) < 4.78 is 31.9. The molecule has 2 heterocycles. The van der Waals surface area contributed by atoms with Crippen molar-refractivity contribution in [3.8, 4) is 0 Å². The maximum atomic E-state index is 12.6. The Balaban J connectivity index is 1.50. The number of sulfonamides is 1. The van der Waals surface area contributed by atoms with E-state index in [1.807, 2.05) is 32.0 Å². The first-order valence-electron chi connectivity index (χ1n) is 10.3. The second-order valence-corrected chi connectivity index (χ2v) is 9.42. The highest BCUT2D eigenvalue weighted by Crippen LogP contribution is 2.24. The number of amides is 1. The van der Waals surface area contributed by atoms with E-state index in [4.69, 9.17) is 4.74 Å². The lowest BCUT2D eigenvalue weighted by atomic mass is 9.98. The number of piperidine rings is 1. The smallest absolute Gasteiger partial charge is 0.309 e. The van der Waals surface area contributed by atoms with E-state index >= 15 is 0 Å². The van der Waals surface area contributed by atoms with Gasteiger partial charge in [0.05, 0.1) is 5.92 Å². The minimum atomic E-state index is -3.63. The van der Waals surface area contributed by atoms with E-state index in [2.05, 4.69) is 10.3 Å². The van der Waals surface area contributed by atoms with Crippen molar-refractivity contribution in [2.45, 2.75) is 38.0 Å². The summed E-state index contributed by atoms with van der Waals surface area (Å²) in [5.74, 6) is -1.30. The van der Waals surface area contributed by atoms with Crippen LogP contribution in [0.25, 0.3) is 0 Å². The highest BCUT2D eigenvalue weighted by atomic mass is 32.2. The topological polar surface area (TPSA) is 106 Å². The molecule has 1 aromatic carbocycles. The van der Waals surface area contributed by atoms with Gasteiger partial charge >= 0.3 is 5.97 Å². The molecule has 1 saturated heterocycles. The fourth-order valence-corrected chi connectivity index (χ4v) is 5.05. The van der Waals surface area contributed by atoms with Gasteiger partial charge in [-0.05, 0) is 49.4 Å². The van der Waals surface area contributed by atoms with Gasteiger partial charge in [0.1, 0.15) is 4.90 Å². The van der Waals surface area contributed by atoms with Crippen LogP contribution in [-0.2, 0) is 30.8 Å². The number of carbonyl (C=O) groups is 2. The Labute approximate surface area is 182 Å². The molecule has 2 aromatic rings. The number of nitrogens with zero attached hydrogens (tertiary/aromatic N) is 2. The summed E-state index contributed by atoms with van der Waals surface area (Å²) in [4.78, 5) is 28.7. The molecule has 166 valence electrons. The number of anilines is 1. The van der Waals surface area contributed by atoms with Crippen LogP contribution in [0.3, 0.4) is 0 Å². The van der Waals surface area contributed by atoms with Gasteiger partial charge in [0.15, 0.2) is 6.61 Å². The predicted octanol–water partition coefficient (Wildman–Crippen LogP) is 2.54. The van der Waals surface area contributed by atoms with Gasteiger partial charge in [-0.1, -0.05) is 25.1 Å². The third-order valence-electron chi connectivity index (χ3n) is 5.41. The molecule has 1 aliphatic rings. The Morgan fingerprint density at radius 3 is 2.58 bits per heavy atom. The van der Waals surface area contributed by atoms with Crippen molar-refractivity contribution in [1.82, 2.24) is 9.29 Å². The van der Waals surface area contributed by atoms with Gasteiger partial charge < -0.3 is 10.1 Å². The van der Waals surface area contributed by atoms with Crippen LogP contribution in [-0.4, -0.2) is 49.3 Å². The zero-order chi connectivity index (χ0) is 22.4. The standard InChI is InChI=1S/C22H27N3O5S/c1-3-17-7-4-6-16(2)21(17)24-20(26)15-30-22(27)18-9-12-25(13-10-18)31(28,29)19-8-5-11-23-14-19/h4-8,11,14,18H,3,9-10,12-13,15H2,1-2H3,(H,24,26). The second-order valence-electron chi connectivity index (χ2n) is 7.49. The molecular formula is C22H27N3O5S. The number of carbonyl (C=O) groups excluding carboxylic acids is 2. The van der Waals surface area contributed by atoms with Crippen molar-refractivity contribution in [2.24, 2.45) is 5.92 Å². The number of ether oxygens (including phenoxy) is 1. The Morgan fingerprint density at radius 1 is 1.19 bits per heavy atom. The van der Waals surface area contributed by atoms with E-state index in [1.54, 1.807) is 6.07 Å². The minimum absolute atomic E-state index is 0.135. The molecular weight excluding hydrogens is 418 g/mol. The Bertz CT molecular complexity index is 1030. The molecule has 0 atom stereocenters. The summed E-state index contributed by atoms with van der Waals surface area (Å²) >= 11 is 0. The number of hydrogen-bond acceptors (Lipinski definition) is 6. The third kappa shape index (κ3) is 5.48. The molecule has 9 heteroatoms.